The Kier molecular flexibility index (Phi) is 4.40. The van der Waals surface area contributed by atoms with E-state index in [9.17, 15) is 4.79 Å². The second-order valence-electron chi connectivity index (χ2n) is 4.56. The number of aryl methyl sites for hydroxylation is 1. The third-order valence-electron chi connectivity index (χ3n) is 3.12. The third kappa shape index (κ3) is 2.82. The van der Waals surface area contributed by atoms with Gasteiger partial charge in [0.25, 0.3) is 5.91 Å². The molecule has 5 heteroatoms. The van der Waals surface area contributed by atoms with Crippen molar-refractivity contribution in [3.8, 4) is 5.75 Å². The molecule has 1 N–H and O–H groups in total. The normalized spacial score (nSPS) is 10.3. The van der Waals surface area contributed by atoms with E-state index in [1.807, 2.05) is 24.3 Å². The Labute approximate surface area is 118 Å². The van der Waals surface area contributed by atoms with Gasteiger partial charge in [-0.15, -0.1) is 0 Å². The number of rotatable bonds is 5. The Morgan fingerprint density at radius 3 is 2.85 bits per heavy atom. The average molecular weight is 273 g/mol. The average Bonchev–Trinajstić information content (AvgIpc) is 2.94. The number of benzene rings is 1. The maximum absolute atomic E-state index is 12.4. The molecule has 1 amide bonds. The number of methoxy groups -OCH3 is 1. The van der Waals surface area contributed by atoms with Gasteiger partial charge in [-0.25, -0.2) is 0 Å². The van der Waals surface area contributed by atoms with E-state index >= 15 is 0 Å². The first-order chi connectivity index (χ1) is 9.67. The molecule has 2 aromatic rings. The van der Waals surface area contributed by atoms with Gasteiger partial charge in [0.2, 0.25) is 0 Å². The van der Waals surface area contributed by atoms with Crippen molar-refractivity contribution in [3.63, 3.8) is 0 Å². The van der Waals surface area contributed by atoms with E-state index < -0.39 is 0 Å². The Morgan fingerprint density at radius 1 is 1.40 bits per heavy atom. The van der Waals surface area contributed by atoms with Gasteiger partial charge in [0, 0.05) is 12.7 Å². The van der Waals surface area contributed by atoms with Crippen molar-refractivity contribution in [1.82, 2.24) is 10.2 Å². The second-order valence-corrected chi connectivity index (χ2v) is 4.56. The Hall–Kier alpha value is -2.30. The van der Waals surface area contributed by atoms with Crippen LogP contribution in [0, 0.1) is 0 Å². The molecule has 0 aliphatic heterocycles. The monoisotopic (exact) mass is 273 g/mol. The number of carbonyl (C=O) groups is 1. The summed E-state index contributed by atoms with van der Waals surface area (Å²) in [6, 6.07) is 9.21. The number of nitrogens with one attached hydrogen (secondary N) is 1. The quantitative estimate of drug-likeness (QED) is 0.911. The van der Waals surface area contributed by atoms with Crippen molar-refractivity contribution in [2.75, 3.05) is 19.1 Å². The van der Waals surface area contributed by atoms with Crippen LogP contribution in [0.4, 0.5) is 5.69 Å². The number of aromatic nitrogens is 2. The zero-order chi connectivity index (χ0) is 14.5. The fraction of sp³-hybridized carbons (Fsp3) is 0.333. The van der Waals surface area contributed by atoms with Gasteiger partial charge in [-0.1, -0.05) is 25.5 Å². The molecule has 0 saturated heterocycles. The largest absolute Gasteiger partial charge is 0.495 e. The molecule has 0 bridgehead atoms. The van der Waals surface area contributed by atoms with E-state index in [-0.39, 0.29) is 5.91 Å². The minimum atomic E-state index is -0.159. The number of hydrogen-bond donors (Lipinski definition) is 1. The van der Waals surface area contributed by atoms with Crippen LogP contribution in [0.15, 0.2) is 30.3 Å². The summed E-state index contributed by atoms with van der Waals surface area (Å²) in [6.45, 7) is 2.09. The lowest BCUT2D eigenvalue weighted by molar-refractivity contribution is 0.0987. The molecule has 106 valence electrons. The highest BCUT2D eigenvalue weighted by molar-refractivity contribution is 6.05. The molecule has 1 heterocycles. The summed E-state index contributed by atoms with van der Waals surface area (Å²) >= 11 is 0. The smallest absolute Gasteiger partial charge is 0.278 e. The number of anilines is 1. The zero-order valence-electron chi connectivity index (χ0n) is 12.0. The van der Waals surface area contributed by atoms with Gasteiger partial charge in [0.15, 0.2) is 5.69 Å². The van der Waals surface area contributed by atoms with Crippen molar-refractivity contribution >= 4 is 11.6 Å². The SMILES string of the molecule is CCCc1cc(C(=O)N(C)c2ccccc2OC)n[nH]1. The lowest BCUT2D eigenvalue weighted by Gasteiger charge is -2.18. The molecular formula is C15H19N3O2. The number of amides is 1. The number of ether oxygens (including phenoxy) is 1. The van der Waals surface area contributed by atoms with Crippen LogP contribution >= 0.6 is 0 Å². The van der Waals surface area contributed by atoms with E-state index in [1.54, 1.807) is 25.1 Å². The maximum atomic E-state index is 12.4. The van der Waals surface area contributed by atoms with Crippen LogP contribution in [0.25, 0.3) is 0 Å². The van der Waals surface area contributed by atoms with Gasteiger partial charge >= 0.3 is 0 Å². The van der Waals surface area contributed by atoms with Crippen LogP contribution in [-0.4, -0.2) is 30.3 Å². The van der Waals surface area contributed by atoms with Gasteiger partial charge < -0.3 is 9.64 Å². The van der Waals surface area contributed by atoms with E-state index in [0.717, 1.165) is 24.2 Å². The van der Waals surface area contributed by atoms with Crippen molar-refractivity contribution < 1.29 is 9.53 Å². The maximum Gasteiger partial charge on any atom is 0.278 e. The van der Waals surface area contributed by atoms with Gasteiger partial charge in [-0.05, 0) is 24.6 Å². The molecular weight excluding hydrogens is 254 g/mol. The first-order valence-electron chi connectivity index (χ1n) is 6.62. The molecule has 0 saturated carbocycles. The van der Waals surface area contributed by atoms with Crippen LogP contribution in [0.5, 0.6) is 5.75 Å². The summed E-state index contributed by atoms with van der Waals surface area (Å²) in [7, 11) is 3.30. The number of aromatic amines is 1. The van der Waals surface area contributed by atoms with Gasteiger partial charge in [-0.2, -0.15) is 5.10 Å². The highest BCUT2D eigenvalue weighted by atomic mass is 16.5. The Balaban J connectivity index is 2.23. The van der Waals surface area contributed by atoms with E-state index in [1.165, 1.54) is 0 Å². The number of para-hydroxylation sites is 2. The predicted molar refractivity (Wildman–Crippen MR) is 78.3 cm³/mol. The van der Waals surface area contributed by atoms with Crippen LogP contribution < -0.4 is 9.64 Å². The minimum absolute atomic E-state index is 0.159. The summed E-state index contributed by atoms with van der Waals surface area (Å²) in [4.78, 5) is 14.0. The van der Waals surface area contributed by atoms with Crippen LogP contribution in [-0.2, 0) is 6.42 Å². The predicted octanol–water partition coefficient (Wildman–Crippen LogP) is 2.65. The molecule has 20 heavy (non-hydrogen) atoms. The highest BCUT2D eigenvalue weighted by Gasteiger charge is 2.19. The van der Waals surface area contributed by atoms with Crippen LogP contribution in [0.2, 0.25) is 0 Å². The molecule has 2 rings (SSSR count). The molecule has 0 aliphatic rings. The fourth-order valence-electron chi connectivity index (χ4n) is 2.06. The molecule has 1 aromatic heterocycles. The summed E-state index contributed by atoms with van der Waals surface area (Å²) in [5.74, 6) is 0.501. The Morgan fingerprint density at radius 2 is 2.15 bits per heavy atom. The van der Waals surface area contributed by atoms with E-state index in [4.69, 9.17) is 4.74 Å². The molecule has 0 spiro atoms. The molecule has 0 fully saturated rings. The van der Waals surface area contributed by atoms with Crippen molar-refractivity contribution in [2.45, 2.75) is 19.8 Å². The van der Waals surface area contributed by atoms with Crippen molar-refractivity contribution in [2.24, 2.45) is 0 Å². The number of H-pyrrole nitrogens is 1. The van der Waals surface area contributed by atoms with Crippen molar-refractivity contribution in [1.29, 1.82) is 0 Å². The molecule has 5 nitrogen and oxygen atoms in total. The van der Waals surface area contributed by atoms with Gasteiger partial charge in [0.1, 0.15) is 5.75 Å². The molecule has 0 aliphatic carbocycles. The molecule has 1 aromatic carbocycles. The van der Waals surface area contributed by atoms with Crippen LogP contribution in [0.1, 0.15) is 29.5 Å². The zero-order valence-corrected chi connectivity index (χ0v) is 12.0. The molecule has 0 radical (unpaired) electrons. The van der Waals surface area contributed by atoms with E-state index in [0.29, 0.717) is 11.4 Å². The summed E-state index contributed by atoms with van der Waals surface area (Å²) in [6.07, 6.45) is 1.90. The van der Waals surface area contributed by atoms with Gasteiger partial charge in [0.05, 0.1) is 12.8 Å². The standard InChI is InChI=1S/C15H19N3O2/c1-4-7-11-10-12(17-16-11)15(19)18(2)13-8-5-6-9-14(13)20-3/h5-6,8-10H,4,7H2,1-3H3,(H,16,17). The first kappa shape index (κ1) is 14.1. The number of hydrogen-bond acceptors (Lipinski definition) is 3. The third-order valence-corrected chi connectivity index (χ3v) is 3.12. The number of carbonyl (C=O) groups excluding carboxylic acids is 1. The Bertz CT molecular complexity index is 592. The highest BCUT2D eigenvalue weighted by Crippen LogP contribution is 2.27. The van der Waals surface area contributed by atoms with E-state index in [2.05, 4.69) is 17.1 Å². The summed E-state index contributed by atoms with van der Waals surface area (Å²) < 4.78 is 5.27. The topological polar surface area (TPSA) is 58.2 Å². The minimum Gasteiger partial charge on any atom is -0.495 e. The summed E-state index contributed by atoms with van der Waals surface area (Å²) in [5.41, 5.74) is 2.12. The summed E-state index contributed by atoms with van der Waals surface area (Å²) in [5, 5.41) is 6.97. The van der Waals surface area contributed by atoms with Crippen LogP contribution in [0.3, 0.4) is 0 Å². The first-order valence-corrected chi connectivity index (χ1v) is 6.62. The molecule has 0 unspecified atom stereocenters. The van der Waals surface area contributed by atoms with Gasteiger partial charge in [-0.3, -0.25) is 9.89 Å². The second kappa shape index (κ2) is 6.23. The molecule has 0 atom stereocenters. The lowest BCUT2D eigenvalue weighted by atomic mass is 10.2. The lowest BCUT2D eigenvalue weighted by Crippen LogP contribution is -2.27. The number of nitrogens with zero attached hydrogens (tertiary/aromatic N) is 2. The fourth-order valence-corrected chi connectivity index (χ4v) is 2.06. The van der Waals surface area contributed by atoms with Crippen molar-refractivity contribution in [3.05, 3.63) is 41.7 Å².